The van der Waals surface area contributed by atoms with Crippen LogP contribution in [0.3, 0.4) is 0 Å². The van der Waals surface area contributed by atoms with Crippen molar-refractivity contribution in [2.24, 2.45) is 0 Å². The minimum atomic E-state index is -1.60. The number of aromatic nitrogens is 4. The minimum Gasteiger partial charge on any atom is -0.463 e. The highest BCUT2D eigenvalue weighted by atomic mass is 32.2. The number of hydrogen-bond donors (Lipinski definition) is 1. The van der Waals surface area contributed by atoms with Crippen molar-refractivity contribution in [3.63, 3.8) is 0 Å². The van der Waals surface area contributed by atoms with Gasteiger partial charge in [0.15, 0.2) is 54.1 Å². The van der Waals surface area contributed by atoms with E-state index in [0.29, 0.717) is 11.2 Å². The van der Waals surface area contributed by atoms with E-state index < -0.39 is 121 Å². The number of carbonyl (C=O) groups is 8. The molecule has 4 heterocycles. The summed E-state index contributed by atoms with van der Waals surface area (Å²) in [7, 11) is 0. The summed E-state index contributed by atoms with van der Waals surface area (Å²) in [5.74, 6) is -6.49. The number of rotatable bonds is 14. The Morgan fingerprint density at radius 3 is 1.57 bits per heavy atom. The van der Waals surface area contributed by atoms with Gasteiger partial charge < -0.3 is 52.4 Å². The molecule has 22 nitrogen and oxygen atoms in total. The van der Waals surface area contributed by atoms with E-state index in [-0.39, 0.29) is 11.0 Å². The first-order valence-corrected chi connectivity index (χ1v) is 19.5. The van der Waals surface area contributed by atoms with Crippen molar-refractivity contribution in [3.05, 3.63) is 30.3 Å². The molecular formula is C38H44N4O18S. The largest absolute Gasteiger partial charge is 0.463 e. The van der Waals surface area contributed by atoms with Gasteiger partial charge in [-0.15, -0.1) is 5.10 Å². The number of nitrogens with one attached hydrogen (secondary N) is 1. The first kappa shape index (κ1) is 46.0. The molecule has 2 aliphatic heterocycles. The normalized spacial score (nSPS) is 26.0. The van der Waals surface area contributed by atoms with E-state index in [9.17, 15) is 38.4 Å². The summed E-state index contributed by atoms with van der Waals surface area (Å²) in [4.78, 5) is 107. The number of hydrogen-bond acceptors (Lipinski definition) is 21. The van der Waals surface area contributed by atoms with Crippen molar-refractivity contribution in [1.82, 2.24) is 19.7 Å². The molecule has 1 aromatic carbocycles. The minimum absolute atomic E-state index is 0.0187. The van der Waals surface area contributed by atoms with E-state index in [1.54, 1.807) is 24.3 Å². The van der Waals surface area contributed by atoms with Crippen LogP contribution in [0.15, 0.2) is 35.5 Å². The number of aromatic amines is 1. The van der Waals surface area contributed by atoms with Crippen LogP contribution < -0.4 is 0 Å². The molecule has 61 heavy (non-hydrogen) atoms. The number of esters is 8. The lowest BCUT2D eigenvalue weighted by Crippen LogP contribution is -2.61. The SMILES string of the molecule is CC(=O)OC[C@H]1O[C@@H](n2nc(S[C@@H]3O[C@H](COC(C)=O)[C@H](OC(C)=O)[C@H](OC(C)=O)[C@H]3OC(C)=O)nc2-c2cc3ccccc3[nH]2)[C@H](OC(C)=O)[C@@H](OC(C)=O)[C@H]1OC(C)=O. The number of H-pyrrole nitrogens is 1. The van der Waals surface area contributed by atoms with Crippen LogP contribution in [0.1, 0.15) is 61.6 Å². The molecule has 2 fully saturated rings. The van der Waals surface area contributed by atoms with Crippen molar-refractivity contribution < 1.29 is 85.7 Å². The van der Waals surface area contributed by atoms with Crippen LogP contribution in [0.25, 0.3) is 22.4 Å². The smallest absolute Gasteiger partial charge is 0.303 e. The standard InChI is InChI=1S/C38H44N4O18S/c1-16(43)51-14-27-29(53-18(3)45)31(55-20(5)47)33(57-22(7)49)36(59-27)42-35(26-13-24-11-9-10-12-25(24)39-26)40-38(41-42)61-37-34(58-23(8)50)32(56-21(6)48)30(54-19(4)46)28(60-37)15-52-17(2)44/h9-13,27-34,36-37,39H,14-15H2,1-8H3/t27-,28-,29+,30+,31+,32+,33-,34-,36-,37+/m1/s1. The zero-order valence-corrected chi connectivity index (χ0v) is 35.0. The predicted octanol–water partition coefficient (Wildman–Crippen LogP) is 1.86. The summed E-state index contributed by atoms with van der Waals surface area (Å²) >= 11 is 0.739. The monoisotopic (exact) mass is 876 g/mol. The maximum absolute atomic E-state index is 12.7. The van der Waals surface area contributed by atoms with Crippen molar-refractivity contribution in [2.75, 3.05) is 13.2 Å². The zero-order valence-electron chi connectivity index (χ0n) is 34.2. The summed E-state index contributed by atoms with van der Waals surface area (Å²) in [6.07, 6.45) is -13.3. The lowest BCUT2D eigenvalue weighted by atomic mass is 9.97. The number of carbonyl (C=O) groups excluding carboxylic acids is 8. The molecule has 23 heteroatoms. The number of nitrogens with zero attached hydrogens (tertiary/aromatic N) is 3. The first-order chi connectivity index (χ1) is 28.8. The molecule has 0 amide bonds. The van der Waals surface area contributed by atoms with E-state index in [1.807, 2.05) is 6.07 Å². The molecule has 0 aliphatic carbocycles. The Hall–Kier alpha value is -6.07. The molecule has 0 unspecified atom stereocenters. The van der Waals surface area contributed by atoms with Crippen molar-refractivity contribution in [2.45, 2.75) is 121 Å². The summed E-state index contributed by atoms with van der Waals surface area (Å²) in [6.45, 7) is 7.74. The lowest BCUT2D eigenvalue weighted by Gasteiger charge is -2.44. The van der Waals surface area contributed by atoms with Crippen molar-refractivity contribution in [3.8, 4) is 11.5 Å². The lowest BCUT2D eigenvalue weighted by molar-refractivity contribution is -0.270. The predicted molar refractivity (Wildman–Crippen MR) is 202 cm³/mol. The number of thioether (sulfide) groups is 1. The zero-order chi connectivity index (χ0) is 44.7. The van der Waals surface area contributed by atoms with Crippen LogP contribution in [0.5, 0.6) is 0 Å². The highest BCUT2D eigenvalue weighted by molar-refractivity contribution is 7.99. The Bertz CT molecular complexity index is 2120. The van der Waals surface area contributed by atoms with Gasteiger partial charge in [0.2, 0.25) is 5.16 Å². The van der Waals surface area contributed by atoms with E-state index in [2.05, 4.69) is 4.98 Å². The Kier molecular flexibility index (Phi) is 15.1. The molecule has 0 spiro atoms. The maximum atomic E-state index is 12.7. The van der Waals surface area contributed by atoms with Gasteiger partial charge in [-0.1, -0.05) is 18.2 Å². The molecule has 0 bridgehead atoms. The van der Waals surface area contributed by atoms with Gasteiger partial charge in [0.05, 0.1) is 5.69 Å². The van der Waals surface area contributed by atoms with Crippen molar-refractivity contribution in [1.29, 1.82) is 0 Å². The van der Waals surface area contributed by atoms with E-state index in [4.69, 9.17) is 57.5 Å². The average molecular weight is 877 g/mol. The first-order valence-electron chi connectivity index (χ1n) is 18.6. The van der Waals surface area contributed by atoms with Gasteiger partial charge in [-0.25, -0.2) is 4.68 Å². The molecule has 10 atom stereocenters. The summed E-state index contributed by atoms with van der Waals surface area (Å²) < 4.78 is 57.9. The molecular weight excluding hydrogens is 832 g/mol. The third kappa shape index (κ3) is 11.8. The molecule has 3 aromatic rings. The Morgan fingerprint density at radius 1 is 0.607 bits per heavy atom. The average Bonchev–Trinajstić information content (AvgIpc) is 3.77. The summed E-state index contributed by atoms with van der Waals surface area (Å²) in [6, 6.07) is 8.93. The fraction of sp³-hybridized carbons (Fsp3) is 0.526. The van der Waals surface area contributed by atoms with Crippen LogP contribution in [0, 0.1) is 0 Å². The molecule has 330 valence electrons. The van der Waals surface area contributed by atoms with Crippen LogP contribution in [-0.2, 0) is 85.7 Å². The topological polar surface area (TPSA) is 275 Å². The van der Waals surface area contributed by atoms with E-state index >= 15 is 0 Å². The number of ether oxygens (including phenoxy) is 10. The van der Waals surface area contributed by atoms with Crippen molar-refractivity contribution >= 4 is 70.4 Å². The van der Waals surface area contributed by atoms with Gasteiger partial charge in [-0.05, 0) is 23.9 Å². The molecule has 5 rings (SSSR count). The number of benzene rings is 1. The van der Waals surface area contributed by atoms with Crippen LogP contribution in [0.4, 0.5) is 0 Å². The quantitative estimate of drug-likeness (QED) is 0.179. The van der Waals surface area contributed by atoms with E-state index in [1.165, 1.54) is 4.68 Å². The molecule has 2 saturated heterocycles. The fourth-order valence-electron chi connectivity index (χ4n) is 6.70. The number of fused-ring (bicyclic) bond motifs is 1. The highest BCUT2D eigenvalue weighted by Gasteiger charge is 2.55. The van der Waals surface area contributed by atoms with Gasteiger partial charge in [0.25, 0.3) is 0 Å². The Morgan fingerprint density at radius 2 is 1.07 bits per heavy atom. The van der Waals surface area contributed by atoms with Gasteiger partial charge >= 0.3 is 47.8 Å². The third-order valence-electron chi connectivity index (χ3n) is 8.76. The second-order valence-corrected chi connectivity index (χ2v) is 14.8. The third-order valence-corrected chi connectivity index (χ3v) is 9.76. The second kappa shape index (κ2) is 20.0. The van der Waals surface area contributed by atoms with Crippen LogP contribution in [-0.4, -0.2) is 135 Å². The second-order valence-electron chi connectivity index (χ2n) is 13.7. The van der Waals surface area contributed by atoms with Gasteiger partial charge in [0, 0.05) is 66.3 Å². The van der Waals surface area contributed by atoms with Crippen LogP contribution >= 0.6 is 11.8 Å². The Labute approximate surface area is 351 Å². The number of para-hydroxylation sites is 1. The summed E-state index contributed by atoms with van der Waals surface area (Å²) in [5.41, 5.74) is -0.375. The summed E-state index contributed by atoms with van der Waals surface area (Å²) in [5, 5.41) is 5.31. The fourth-order valence-corrected chi connectivity index (χ4v) is 7.72. The molecule has 2 aromatic heterocycles. The van der Waals surface area contributed by atoms with Crippen LogP contribution in [0.2, 0.25) is 0 Å². The molecule has 2 aliphatic rings. The molecule has 0 saturated carbocycles. The van der Waals surface area contributed by atoms with Gasteiger partial charge in [-0.3, -0.25) is 38.4 Å². The molecule has 1 N–H and O–H groups in total. The Balaban J connectivity index is 1.70. The van der Waals surface area contributed by atoms with Gasteiger partial charge in [0.1, 0.15) is 25.4 Å². The highest BCUT2D eigenvalue weighted by Crippen LogP contribution is 2.41. The van der Waals surface area contributed by atoms with E-state index in [0.717, 1.165) is 72.5 Å². The maximum Gasteiger partial charge on any atom is 0.303 e. The van der Waals surface area contributed by atoms with Gasteiger partial charge in [-0.2, -0.15) is 4.98 Å². The molecule has 0 radical (unpaired) electrons.